The average Bonchev–Trinajstić information content (AvgIpc) is 3.88. The summed E-state index contributed by atoms with van der Waals surface area (Å²) in [5, 5.41) is 5.50. The van der Waals surface area contributed by atoms with Crippen molar-refractivity contribution >= 4 is 97.6 Å². The van der Waals surface area contributed by atoms with Gasteiger partial charge in [0.05, 0.1) is 48.2 Å². The number of ketones is 2. The molecule has 4 aliphatic heterocycles. The first kappa shape index (κ1) is 51.7. The van der Waals surface area contributed by atoms with Gasteiger partial charge in [-0.3, -0.25) is 48.6 Å². The predicted molar refractivity (Wildman–Crippen MR) is 292 cm³/mol. The number of carbonyl (C=O) groups excluding carboxylic acids is 6. The fourth-order valence-corrected chi connectivity index (χ4v) is 11.9. The van der Waals surface area contributed by atoms with Crippen LogP contribution in [-0.2, 0) is 45.2 Å². The molecule has 4 aliphatic rings. The van der Waals surface area contributed by atoms with Gasteiger partial charge in [0.15, 0.2) is 17.3 Å². The Morgan fingerprint density at radius 1 is 0.676 bits per heavy atom. The maximum atomic E-state index is 14.0. The van der Waals surface area contributed by atoms with E-state index in [9.17, 15) is 28.8 Å². The number of Topliss-reactive ketones (excluding diaryl/α,β-unsaturated/α-hetero) is 2. The summed E-state index contributed by atoms with van der Waals surface area (Å²) in [4.78, 5) is 92.3. The van der Waals surface area contributed by atoms with E-state index < -0.39 is 11.8 Å². The highest BCUT2D eigenvalue weighted by molar-refractivity contribution is 8.76. The van der Waals surface area contributed by atoms with E-state index in [0.29, 0.717) is 82.2 Å². The molecule has 2 atom stereocenters. The molecule has 4 amide bonds. The van der Waals surface area contributed by atoms with E-state index in [1.165, 1.54) is 7.11 Å². The van der Waals surface area contributed by atoms with Gasteiger partial charge in [-0.25, -0.2) is 0 Å². The highest BCUT2D eigenvalue weighted by Crippen LogP contribution is 2.43. The largest absolute Gasteiger partial charge is 0.493 e. The zero-order valence-electron chi connectivity index (χ0n) is 42.0. The molecule has 0 saturated carbocycles. The number of nitrogens with one attached hydrogen (secondary N) is 2. The molecular formula is C57H58N6O9S2. The maximum absolute atomic E-state index is 14.0. The molecule has 5 aromatic rings. The highest BCUT2D eigenvalue weighted by atomic mass is 33.1. The van der Waals surface area contributed by atoms with Crippen LogP contribution in [0.1, 0.15) is 101 Å². The first-order valence-electron chi connectivity index (χ1n) is 24.6. The summed E-state index contributed by atoms with van der Waals surface area (Å²) in [6.45, 7) is 5.87. The standard InChI is InChI=1S/C57H58N6O9S2/c1-34-20-44-46(58-29-40-24-37-10-6-8-12-48(37)62(40)55(44)68)27-50(34)71-32-35-21-36(23-39(22-35)61-54(67)17-15-43(65)31-60-53(66)16-14-42(64)18-19-57(2,3)74-73-5)33-72-52-28-47-45(26-51(52)70-4)56(69)63-41(30-59-47)25-38-11-7-9-13-49(38)63/h6-13,20-23,26-30,40-41H,14-19,24-25,31-33H2,1-5H3,(H,60,66)(H,61,67)/t40-,41-/m0/s1. The lowest BCUT2D eigenvalue weighted by Gasteiger charge is -2.22. The first-order valence-corrected chi connectivity index (χ1v) is 27.2. The summed E-state index contributed by atoms with van der Waals surface area (Å²) in [7, 11) is 4.87. The number of aliphatic imine (C=N–C) groups is 2. The molecule has 0 radical (unpaired) electrons. The Morgan fingerprint density at radius 3 is 1.84 bits per heavy atom. The summed E-state index contributed by atoms with van der Waals surface area (Å²) in [5.41, 5.74) is 8.22. The number of hydrogen-bond donors (Lipinski definition) is 2. The van der Waals surface area contributed by atoms with E-state index in [2.05, 4.69) is 24.5 Å². The Morgan fingerprint density at radius 2 is 1.23 bits per heavy atom. The molecule has 9 rings (SSSR count). The third-order valence-electron chi connectivity index (χ3n) is 13.5. The fourth-order valence-electron chi connectivity index (χ4n) is 9.65. The fraction of sp³-hybridized carbons (Fsp3) is 0.333. The van der Waals surface area contributed by atoms with E-state index in [1.807, 2.05) is 74.0 Å². The van der Waals surface area contributed by atoms with Gasteiger partial charge in [0, 0.05) is 91.3 Å². The summed E-state index contributed by atoms with van der Waals surface area (Å²) in [5.74, 6) is -0.244. The third-order valence-corrected chi connectivity index (χ3v) is 16.1. The Labute approximate surface area is 438 Å². The number of nitrogens with zero attached hydrogens (tertiary/aromatic N) is 4. The van der Waals surface area contributed by atoms with Crippen molar-refractivity contribution < 1.29 is 43.0 Å². The average molecular weight is 1040 g/mol. The summed E-state index contributed by atoms with van der Waals surface area (Å²) >= 11 is 0. The molecule has 0 unspecified atom stereocenters. The molecule has 74 heavy (non-hydrogen) atoms. The van der Waals surface area contributed by atoms with Crippen LogP contribution in [0.25, 0.3) is 0 Å². The zero-order chi connectivity index (χ0) is 52.1. The van der Waals surface area contributed by atoms with E-state index in [0.717, 1.165) is 28.1 Å². The van der Waals surface area contributed by atoms with Gasteiger partial charge in [-0.1, -0.05) is 58.0 Å². The van der Waals surface area contributed by atoms with Crippen molar-refractivity contribution in [3.8, 4) is 17.2 Å². The number of rotatable bonds is 21. The van der Waals surface area contributed by atoms with E-state index >= 15 is 0 Å². The van der Waals surface area contributed by atoms with Crippen molar-refractivity contribution in [3.63, 3.8) is 0 Å². The lowest BCUT2D eigenvalue weighted by atomic mass is 10.0. The Kier molecular flexibility index (Phi) is 15.7. The molecule has 17 heteroatoms. The molecule has 15 nitrogen and oxygen atoms in total. The second-order valence-corrected chi connectivity index (χ2v) is 22.5. The lowest BCUT2D eigenvalue weighted by Crippen LogP contribution is -2.37. The Bertz CT molecular complexity index is 3120. The molecule has 0 aliphatic carbocycles. The number of hydrogen-bond acceptors (Lipinski definition) is 13. The lowest BCUT2D eigenvalue weighted by molar-refractivity contribution is -0.127. The van der Waals surface area contributed by atoms with Crippen LogP contribution in [0, 0.1) is 6.92 Å². The molecule has 0 spiro atoms. The van der Waals surface area contributed by atoms with Crippen LogP contribution in [0.3, 0.4) is 0 Å². The molecule has 4 heterocycles. The molecule has 2 N–H and O–H groups in total. The molecule has 382 valence electrons. The number of fused-ring (bicyclic) bond motifs is 8. The van der Waals surface area contributed by atoms with Crippen LogP contribution in [0.5, 0.6) is 17.2 Å². The van der Waals surface area contributed by atoms with Gasteiger partial charge in [-0.2, -0.15) is 0 Å². The van der Waals surface area contributed by atoms with Crippen molar-refractivity contribution in [1.82, 2.24) is 5.32 Å². The third kappa shape index (κ3) is 11.7. The van der Waals surface area contributed by atoms with Crippen molar-refractivity contribution in [2.45, 2.75) is 102 Å². The molecule has 0 bridgehead atoms. The normalized spacial score (nSPS) is 16.0. The number of methoxy groups -OCH3 is 1. The van der Waals surface area contributed by atoms with E-state index in [4.69, 9.17) is 24.2 Å². The van der Waals surface area contributed by atoms with Crippen LogP contribution in [0.4, 0.5) is 28.4 Å². The Balaban J connectivity index is 0.880. The van der Waals surface area contributed by atoms with E-state index in [1.54, 1.807) is 74.0 Å². The minimum atomic E-state index is -0.423. The van der Waals surface area contributed by atoms with Crippen LogP contribution < -0.4 is 34.6 Å². The van der Waals surface area contributed by atoms with Gasteiger partial charge >= 0.3 is 0 Å². The molecular weight excluding hydrogens is 977 g/mol. The van der Waals surface area contributed by atoms with Crippen molar-refractivity contribution in [1.29, 1.82) is 0 Å². The van der Waals surface area contributed by atoms with E-state index in [-0.39, 0.29) is 85.7 Å². The molecule has 0 aromatic heterocycles. The van der Waals surface area contributed by atoms with Gasteiger partial charge < -0.3 is 24.8 Å². The Hall–Kier alpha value is -7.24. The number of benzene rings is 5. The zero-order valence-corrected chi connectivity index (χ0v) is 43.7. The van der Waals surface area contributed by atoms with Crippen molar-refractivity contribution in [2.24, 2.45) is 9.98 Å². The van der Waals surface area contributed by atoms with Crippen molar-refractivity contribution in [2.75, 3.05) is 35.0 Å². The second kappa shape index (κ2) is 22.5. The van der Waals surface area contributed by atoms with Crippen molar-refractivity contribution in [3.05, 3.63) is 130 Å². The van der Waals surface area contributed by atoms with Gasteiger partial charge in [0.25, 0.3) is 11.8 Å². The molecule has 0 saturated heterocycles. The van der Waals surface area contributed by atoms with Crippen LogP contribution in [0.15, 0.2) is 101 Å². The van der Waals surface area contributed by atoms with Crippen LogP contribution in [-0.4, -0.2) is 84.4 Å². The minimum Gasteiger partial charge on any atom is -0.493 e. The maximum Gasteiger partial charge on any atom is 0.261 e. The van der Waals surface area contributed by atoms with Gasteiger partial charge in [-0.15, -0.1) is 0 Å². The number of anilines is 3. The second-order valence-electron chi connectivity index (χ2n) is 19.4. The summed E-state index contributed by atoms with van der Waals surface area (Å²) in [6.07, 6.45) is 7.86. The summed E-state index contributed by atoms with van der Waals surface area (Å²) in [6, 6.07) is 27.6. The quantitative estimate of drug-likeness (QED) is 0.0667. The summed E-state index contributed by atoms with van der Waals surface area (Å²) < 4.78 is 18.5. The smallest absolute Gasteiger partial charge is 0.261 e. The van der Waals surface area contributed by atoms with Gasteiger partial charge in [-0.05, 0) is 104 Å². The number of ether oxygens (including phenoxy) is 3. The predicted octanol–water partition coefficient (Wildman–Crippen LogP) is 10.1. The van der Waals surface area contributed by atoms with Gasteiger partial charge in [0.1, 0.15) is 24.7 Å². The molecule has 5 aromatic carbocycles. The minimum absolute atomic E-state index is 0.000436. The number of amides is 4. The molecule has 0 fully saturated rings. The monoisotopic (exact) mass is 1030 g/mol. The number of carbonyl (C=O) groups is 6. The van der Waals surface area contributed by atoms with Crippen LogP contribution >= 0.6 is 21.6 Å². The number of aryl methyl sites for hydroxylation is 1. The number of para-hydroxylation sites is 2. The van der Waals surface area contributed by atoms with Gasteiger partial charge in [0.2, 0.25) is 11.8 Å². The first-order chi connectivity index (χ1) is 35.7. The van der Waals surface area contributed by atoms with Crippen LogP contribution in [0.2, 0.25) is 0 Å². The highest BCUT2D eigenvalue weighted by Gasteiger charge is 2.38. The topological polar surface area (TPSA) is 185 Å². The SMILES string of the molecule is COc1cc2c(cc1OCc1cc(COc3cc4c(cc3C)C(=O)N3c5ccccc5C[C@H]3C=N4)cc(NC(=O)CCC(=O)CNC(=O)CCC(=O)CCC(C)(C)SSC)c1)N=C[C@@H]1Cc3ccccc3N1C2=O.